The highest BCUT2D eigenvalue weighted by molar-refractivity contribution is 7.99. The lowest BCUT2D eigenvalue weighted by Gasteiger charge is -2.12. The summed E-state index contributed by atoms with van der Waals surface area (Å²) < 4.78 is 5.35. The third-order valence-corrected chi connectivity index (χ3v) is 3.57. The quantitative estimate of drug-likeness (QED) is 0.363. The molecule has 1 atom stereocenters. The Bertz CT molecular complexity index is 578. The predicted molar refractivity (Wildman–Crippen MR) is 79.0 cm³/mol. The van der Waals surface area contributed by atoms with E-state index in [1.807, 2.05) is 37.3 Å². The molecule has 0 aromatic heterocycles. The van der Waals surface area contributed by atoms with Crippen LogP contribution in [0.1, 0.15) is 27.6 Å². The first-order valence-corrected chi connectivity index (χ1v) is 7.05. The van der Waals surface area contributed by atoms with Crippen LogP contribution in [0.5, 0.6) is 0 Å². The third kappa shape index (κ3) is 3.96. The zero-order valence-electron chi connectivity index (χ0n) is 11.0. The molecule has 20 heavy (non-hydrogen) atoms. The van der Waals surface area contributed by atoms with E-state index in [0.29, 0.717) is 11.1 Å². The van der Waals surface area contributed by atoms with E-state index in [1.165, 1.54) is 11.8 Å². The molecule has 0 radical (unpaired) electrons. The van der Waals surface area contributed by atoms with Gasteiger partial charge in [-0.2, -0.15) is 0 Å². The van der Waals surface area contributed by atoms with E-state index < -0.39 is 5.97 Å². The van der Waals surface area contributed by atoms with Crippen LogP contribution < -0.4 is 0 Å². The fourth-order valence-electron chi connectivity index (χ4n) is 1.63. The second kappa shape index (κ2) is 6.91. The van der Waals surface area contributed by atoms with E-state index in [0.717, 1.165) is 11.2 Å². The van der Waals surface area contributed by atoms with Crippen molar-refractivity contribution in [2.45, 2.75) is 17.3 Å². The summed E-state index contributed by atoms with van der Waals surface area (Å²) in [6.45, 7) is 1.83. The molecule has 0 amide bonds. The maximum absolute atomic E-state index is 11.9. The first-order chi connectivity index (χ1) is 9.69. The van der Waals surface area contributed by atoms with Gasteiger partial charge in [0.25, 0.3) is 0 Å². The van der Waals surface area contributed by atoms with Gasteiger partial charge in [0.1, 0.15) is 11.7 Å². The molecule has 2 aromatic rings. The van der Waals surface area contributed by atoms with Crippen molar-refractivity contribution in [2.75, 3.05) is 0 Å². The Labute approximate surface area is 122 Å². The Morgan fingerprint density at radius 3 is 2.35 bits per heavy atom. The molecule has 0 fully saturated rings. The van der Waals surface area contributed by atoms with Crippen molar-refractivity contribution in [3.63, 3.8) is 0 Å². The van der Waals surface area contributed by atoms with Gasteiger partial charge in [0.2, 0.25) is 0 Å². The monoisotopic (exact) mass is 286 g/mol. The van der Waals surface area contributed by atoms with Crippen LogP contribution in [-0.2, 0) is 4.74 Å². The van der Waals surface area contributed by atoms with Crippen LogP contribution in [0.15, 0.2) is 59.5 Å². The highest BCUT2D eigenvalue weighted by Gasteiger charge is 2.12. The average Bonchev–Trinajstić information content (AvgIpc) is 2.48. The fraction of sp³-hybridized carbons (Fsp3) is 0.125. The highest BCUT2D eigenvalue weighted by Crippen LogP contribution is 2.24. The summed E-state index contributed by atoms with van der Waals surface area (Å²) in [4.78, 5) is 23.5. The minimum atomic E-state index is -0.390. The van der Waals surface area contributed by atoms with E-state index >= 15 is 0 Å². The number of rotatable bonds is 5. The normalized spacial score (nSPS) is 11.7. The average molecular weight is 286 g/mol. The van der Waals surface area contributed by atoms with Crippen molar-refractivity contribution in [1.82, 2.24) is 0 Å². The third-order valence-electron chi connectivity index (χ3n) is 2.60. The van der Waals surface area contributed by atoms with Gasteiger partial charge in [0, 0.05) is 10.5 Å². The van der Waals surface area contributed by atoms with Crippen LogP contribution in [0.4, 0.5) is 0 Å². The lowest BCUT2D eigenvalue weighted by molar-refractivity contribution is 0.0481. The number of benzene rings is 2. The fourth-order valence-corrected chi connectivity index (χ4v) is 2.46. The van der Waals surface area contributed by atoms with Crippen LogP contribution in [0.2, 0.25) is 0 Å². The summed E-state index contributed by atoms with van der Waals surface area (Å²) in [6.07, 6.45) is 0.739. The summed E-state index contributed by atoms with van der Waals surface area (Å²) in [7, 11) is 0. The van der Waals surface area contributed by atoms with Crippen LogP contribution in [0, 0.1) is 0 Å². The number of carbonyl (C=O) groups excluding carboxylic acids is 2. The topological polar surface area (TPSA) is 43.4 Å². The minimum absolute atomic E-state index is 0.282. The van der Waals surface area contributed by atoms with Crippen LogP contribution >= 0.6 is 11.8 Å². The van der Waals surface area contributed by atoms with Gasteiger partial charge in [-0.25, -0.2) is 4.79 Å². The zero-order chi connectivity index (χ0) is 14.4. The molecule has 0 saturated heterocycles. The van der Waals surface area contributed by atoms with Crippen molar-refractivity contribution in [1.29, 1.82) is 0 Å². The van der Waals surface area contributed by atoms with Crippen LogP contribution in [0.3, 0.4) is 0 Å². The molecule has 1 unspecified atom stereocenters. The Morgan fingerprint density at radius 1 is 1.10 bits per heavy atom. The van der Waals surface area contributed by atoms with E-state index in [1.54, 1.807) is 24.3 Å². The molecule has 2 rings (SSSR count). The molecule has 0 aliphatic rings. The molecule has 0 heterocycles. The SMILES string of the molecule is CC(OC(=O)c1ccc(C=O)cc1)Sc1ccccc1. The van der Waals surface area contributed by atoms with Gasteiger partial charge >= 0.3 is 5.97 Å². The number of carbonyl (C=O) groups is 2. The van der Waals surface area contributed by atoms with Crippen molar-refractivity contribution in [2.24, 2.45) is 0 Å². The van der Waals surface area contributed by atoms with Gasteiger partial charge in [0.15, 0.2) is 0 Å². The Kier molecular flexibility index (Phi) is 4.96. The predicted octanol–water partition coefficient (Wildman–Crippen LogP) is 3.79. The minimum Gasteiger partial charge on any atom is -0.448 e. The lowest BCUT2D eigenvalue weighted by Crippen LogP contribution is -2.11. The summed E-state index contributed by atoms with van der Waals surface area (Å²) in [5.74, 6) is -0.390. The zero-order valence-corrected chi connectivity index (χ0v) is 11.8. The molecular weight excluding hydrogens is 272 g/mol. The first kappa shape index (κ1) is 14.3. The molecule has 2 aromatic carbocycles. The van der Waals surface area contributed by atoms with Crippen molar-refractivity contribution in [3.05, 3.63) is 65.7 Å². The number of aldehydes is 1. The first-order valence-electron chi connectivity index (χ1n) is 6.17. The highest BCUT2D eigenvalue weighted by atomic mass is 32.2. The van der Waals surface area contributed by atoms with Gasteiger partial charge in [-0.05, 0) is 31.2 Å². The molecule has 3 nitrogen and oxygen atoms in total. The molecule has 0 aliphatic heterocycles. The van der Waals surface area contributed by atoms with Crippen LogP contribution in [0.25, 0.3) is 0 Å². The largest absolute Gasteiger partial charge is 0.448 e. The maximum Gasteiger partial charge on any atom is 0.339 e. The van der Waals surface area contributed by atoms with Gasteiger partial charge < -0.3 is 4.74 Å². The standard InChI is InChI=1S/C16H14O3S/c1-12(20-15-5-3-2-4-6-15)19-16(18)14-9-7-13(11-17)8-10-14/h2-12H,1H3. The van der Waals surface area contributed by atoms with Crippen molar-refractivity contribution >= 4 is 24.0 Å². The molecule has 0 spiro atoms. The summed E-state index contributed by atoms with van der Waals surface area (Å²) in [5.41, 5.74) is 0.694. The van der Waals surface area contributed by atoms with E-state index in [-0.39, 0.29) is 5.44 Å². The van der Waals surface area contributed by atoms with Crippen LogP contribution in [-0.4, -0.2) is 17.7 Å². The van der Waals surface area contributed by atoms with Gasteiger partial charge in [-0.1, -0.05) is 42.1 Å². The summed E-state index contributed by atoms with van der Waals surface area (Å²) in [6, 6.07) is 16.1. The molecule has 4 heteroatoms. The number of hydrogen-bond acceptors (Lipinski definition) is 4. The number of thioether (sulfide) groups is 1. The van der Waals surface area contributed by atoms with Gasteiger partial charge in [-0.3, -0.25) is 4.79 Å². The summed E-state index contributed by atoms with van der Waals surface area (Å²) in [5, 5.41) is 0. The Balaban J connectivity index is 1.94. The lowest BCUT2D eigenvalue weighted by atomic mass is 10.1. The van der Waals surface area contributed by atoms with E-state index in [4.69, 9.17) is 4.74 Å². The molecule has 102 valence electrons. The van der Waals surface area contributed by atoms with Crippen molar-refractivity contribution < 1.29 is 14.3 Å². The molecule has 0 bridgehead atoms. The Hall–Kier alpha value is -2.07. The Morgan fingerprint density at radius 2 is 1.75 bits per heavy atom. The van der Waals surface area contributed by atoms with Gasteiger partial charge in [-0.15, -0.1) is 0 Å². The second-order valence-corrected chi connectivity index (χ2v) is 5.51. The van der Waals surface area contributed by atoms with E-state index in [9.17, 15) is 9.59 Å². The number of esters is 1. The molecule has 0 aliphatic carbocycles. The molecule has 0 saturated carbocycles. The maximum atomic E-state index is 11.9. The van der Waals surface area contributed by atoms with E-state index in [2.05, 4.69) is 0 Å². The van der Waals surface area contributed by atoms with Crippen molar-refractivity contribution in [3.8, 4) is 0 Å². The molecular formula is C16H14O3S. The second-order valence-electron chi connectivity index (χ2n) is 4.14. The number of ether oxygens (including phenoxy) is 1. The smallest absolute Gasteiger partial charge is 0.339 e. The molecule has 0 N–H and O–H groups in total. The summed E-state index contributed by atoms with van der Waals surface area (Å²) >= 11 is 1.47. The van der Waals surface area contributed by atoms with Gasteiger partial charge in [0.05, 0.1) is 5.56 Å². The number of hydrogen-bond donors (Lipinski definition) is 0.